The van der Waals surface area contributed by atoms with E-state index in [0.717, 1.165) is 6.42 Å². The number of aromatic nitrogens is 3. The first kappa shape index (κ1) is 22.3. The van der Waals surface area contributed by atoms with Gasteiger partial charge in [0.05, 0.1) is 35.3 Å². The molecule has 0 saturated carbocycles. The van der Waals surface area contributed by atoms with Gasteiger partial charge in [-0.05, 0) is 30.7 Å². The van der Waals surface area contributed by atoms with Crippen molar-refractivity contribution in [1.82, 2.24) is 15.0 Å². The summed E-state index contributed by atoms with van der Waals surface area (Å²) in [5.74, 6) is 1.77. The second-order valence-corrected chi connectivity index (χ2v) is 8.56. The number of halogens is 1. The van der Waals surface area contributed by atoms with E-state index in [1.807, 2.05) is 30.3 Å². The van der Waals surface area contributed by atoms with E-state index in [2.05, 4.69) is 20.3 Å². The number of anilines is 1. The van der Waals surface area contributed by atoms with Crippen molar-refractivity contribution in [3.63, 3.8) is 0 Å². The first-order valence-electron chi connectivity index (χ1n) is 11.0. The second-order valence-electron chi connectivity index (χ2n) is 8.15. The molecule has 5 rings (SSSR count). The third kappa shape index (κ3) is 4.61. The summed E-state index contributed by atoms with van der Waals surface area (Å²) < 4.78 is 11.4. The molecule has 2 atom stereocenters. The van der Waals surface area contributed by atoms with Crippen LogP contribution in [-0.4, -0.2) is 51.7 Å². The van der Waals surface area contributed by atoms with Gasteiger partial charge in [-0.2, -0.15) is 0 Å². The lowest BCUT2D eigenvalue weighted by atomic mass is 10.0. The van der Waals surface area contributed by atoms with Crippen LogP contribution in [0.4, 0.5) is 5.82 Å². The Balaban J connectivity index is 1.38. The number of nitrogens with one attached hydrogen (secondary N) is 2. The zero-order chi connectivity index (χ0) is 23.5. The van der Waals surface area contributed by atoms with Crippen molar-refractivity contribution in [2.24, 2.45) is 5.92 Å². The number of hydrogen-bond donors (Lipinski definition) is 3. The van der Waals surface area contributed by atoms with Crippen molar-refractivity contribution in [2.45, 2.75) is 12.5 Å². The lowest BCUT2D eigenvalue weighted by molar-refractivity contribution is 0.0575. The van der Waals surface area contributed by atoms with Crippen LogP contribution in [-0.2, 0) is 4.74 Å². The van der Waals surface area contributed by atoms with Gasteiger partial charge in [-0.15, -0.1) is 0 Å². The van der Waals surface area contributed by atoms with E-state index < -0.39 is 0 Å². The van der Waals surface area contributed by atoms with E-state index in [0.29, 0.717) is 52.6 Å². The molecule has 34 heavy (non-hydrogen) atoms. The number of rotatable bonds is 8. The topological polar surface area (TPSA) is 109 Å². The van der Waals surface area contributed by atoms with Gasteiger partial charge in [0.1, 0.15) is 29.3 Å². The van der Waals surface area contributed by atoms with E-state index in [1.165, 1.54) is 6.33 Å². The van der Waals surface area contributed by atoms with E-state index in [4.69, 9.17) is 21.1 Å². The molecule has 1 aliphatic heterocycles. The van der Waals surface area contributed by atoms with Crippen LogP contribution in [0, 0.1) is 5.92 Å². The highest BCUT2D eigenvalue weighted by Crippen LogP contribution is 2.31. The van der Waals surface area contributed by atoms with Crippen LogP contribution in [0.3, 0.4) is 0 Å². The number of aliphatic hydroxyl groups is 1. The quantitative estimate of drug-likeness (QED) is 0.321. The number of fused-ring (bicyclic) bond motifs is 1. The smallest absolute Gasteiger partial charge is 0.196 e. The lowest BCUT2D eigenvalue weighted by Gasteiger charge is -2.12. The number of benzene rings is 2. The highest BCUT2D eigenvalue weighted by molar-refractivity contribution is 6.35. The number of aliphatic hydroxyl groups excluding tert-OH is 1. The molecule has 174 valence electrons. The SMILES string of the molecule is O=C(c1ccc(Oc2ccccc2)cc1Cl)c1c[nH]c2ncnc(NCC3COC(CO)C3)c12. The van der Waals surface area contributed by atoms with Gasteiger partial charge < -0.3 is 24.9 Å². The average Bonchev–Trinajstić information content (AvgIpc) is 3.50. The van der Waals surface area contributed by atoms with Crippen molar-refractivity contribution < 1.29 is 19.4 Å². The first-order valence-corrected chi connectivity index (χ1v) is 11.4. The molecule has 3 N–H and O–H groups in total. The van der Waals surface area contributed by atoms with Crippen LogP contribution >= 0.6 is 11.6 Å². The fourth-order valence-electron chi connectivity index (χ4n) is 4.08. The largest absolute Gasteiger partial charge is 0.457 e. The number of aromatic amines is 1. The minimum absolute atomic E-state index is 0.0145. The zero-order valence-corrected chi connectivity index (χ0v) is 19.0. The number of para-hydroxylation sites is 1. The van der Waals surface area contributed by atoms with E-state index in [1.54, 1.807) is 24.4 Å². The number of hydrogen-bond acceptors (Lipinski definition) is 7. The van der Waals surface area contributed by atoms with Gasteiger partial charge in [0.25, 0.3) is 0 Å². The normalized spacial score (nSPS) is 17.7. The van der Waals surface area contributed by atoms with E-state index >= 15 is 0 Å². The molecule has 8 nitrogen and oxygen atoms in total. The maximum Gasteiger partial charge on any atom is 0.196 e. The molecule has 1 aliphatic rings. The van der Waals surface area contributed by atoms with Gasteiger partial charge >= 0.3 is 0 Å². The maximum atomic E-state index is 13.4. The van der Waals surface area contributed by atoms with Crippen molar-refractivity contribution in [3.05, 3.63) is 77.2 Å². The highest BCUT2D eigenvalue weighted by atomic mass is 35.5. The summed E-state index contributed by atoms with van der Waals surface area (Å²) in [6.45, 7) is 1.19. The minimum atomic E-state index is -0.245. The van der Waals surface area contributed by atoms with Gasteiger partial charge in [-0.25, -0.2) is 9.97 Å². The second kappa shape index (κ2) is 9.80. The van der Waals surface area contributed by atoms with Gasteiger partial charge in [0.2, 0.25) is 0 Å². The third-order valence-electron chi connectivity index (χ3n) is 5.80. The molecular formula is C25H23ClN4O4. The number of nitrogens with zero attached hydrogens (tertiary/aromatic N) is 2. The van der Waals surface area contributed by atoms with Crippen LogP contribution in [0.5, 0.6) is 11.5 Å². The van der Waals surface area contributed by atoms with Crippen LogP contribution in [0.15, 0.2) is 61.1 Å². The fraction of sp³-hybridized carbons (Fsp3) is 0.240. The van der Waals surface area contributed by atoms with E-state index in [-0.39, 0.29) is 29.4 Å². The Kier molecular flexibility index (Phi) is 6.44. The molecule has 0 aliphatic carbocycles. The summed E-state index contributed by atoms with van der Waals surface area (Å²) in [4.78, 5) is 25.1. The number of ketones is 1. The summed E-state index contributed by atoms with van der Waals surface area (Å²) in [5.41, 5.74) is 1.33. The Labute approximate surface area is 200 Å². The molecule has 9 heteroatoms. The van der Waals surface area contributed by atoms with Crippen molar-refractivity contribution >= 4 is 34.2 Å². The Bertz CT molecular complexity index is 1310. The molecule has 2 aromatic heterocycles. The van der Waals surface area contributed by atoms with Crippen molar-refractivity contribution in [3.8, 4) is 11.5 Å². The molecule has 0 bridgehead atoms. The van der Waals surface area contributed by atoms with Gasteiger partial charge in [0.15, 0.2) is 5.78 Å². The number of carbonyl (C=O) groups is 1. The average molecular weight is 479 g/mol. The van der Waals surface area contributed by atoms with Crippen LogP contribution in [0.2, 0.25) is 5.02 Å². The fourth-order valence-corrected chi connectivity index (χ4v) is 4.34. The third-order valence-corrected chi connectivity index (χ3v) is 6.12. The monoisotopic (exact) mass is 478 g/mol. The van der Waals surface area contributed by atoms with Gasteiger partial charge in [0, 0.05) is 30.3 Å². The predicted octanol–water partition coefficient (Wildman–Crippen LogP) is 4.44. The Morgan fingerprint density at radius 2 is 2.03 bits per heavy atom. The summed E-state index contributed by atoms with van der Waals surface area (Å²) in [5, 5.41) is 13.5. The van der Waals surface area contributed by atoms with Crippen molar-refractivity contribution in [2.75, 3.05) is 25.1 Å². The van der Waals surface area contributed by atoms with Gasteiger partial charge in [-0.1, -0.05) is 29.8 Å². The van der Waals surface area contributed by atoms with Crippen LogP contribution in [0.1, 0.15) is 22.3 Å². The minimum Gasteiger partial charge on any atom is -0.457 e. The Hall–Kier alpha value is -3.46. The Morgan fingerprint density at radius 3 is 2.79 bits per heavy atom. The zero-order valence-electron chi connectivity index (χ0n) is 18.2. The first-order chi connectivity index (χ1) is 16.6. The molecule has 1 fully saturated rings. The van der Waals surface area contributed by atoms with E-state index in [9.17, 15) is 9.90 Å². The van der Waals surface area contributed by atoms with Crippen LogP contribution < -0.4 is 10.1 Å². The van der Waals surface area contributed by atoms with Gasteiger partial charge in [-0.3, -0.25) is 4.79 Å². The number of H-pyrrole nitrogens is 1. The molecule has 0 spiro atoms. The molecule has 3 heterocycles. The summed E-state index contributed by atoms with van der Waals surface area (Å²) in [7, 11) is 0. The molecule has 1 saturated heterocycles. The molecule has 2 unspecified atom stereocenters. The summed E-state index contributed by atoms with van der Waals surface area (Å²) in [6, 6.07) is 14.4. The summed E-state index contributed by atoms with van der Waals surface area (Å²) in [6.07, 6.45) is 3.71. The standard InChI is InChI=1S/C25H23ClN4O4/c26-21-9-17(34-16-4-2-1-3-5-16)6-7-19(21)23(32)20-11-28-25-22(20)24(29-14-30-25)27-10-15-8-18(12-31)33-13-15/h1-7,9,11,14-15,18,31H,8,10,12-13H2,(H2,27,28,29,30). The van der Waals surface area contributed by atoms with Crippen molar-refractivity contribution in [1.29, 1.82) is 0 Å². The molecule has 4 aromatic rings. The Morgan fingerprint density at radius 1 is 1.18 bits per heavy atom. The lowest BCUT2D eigenvalue weighted by Crippen LogP contribution is -2.16. The van der Waals surface area contributed by atoms with Crippen LogP contribution in [0.25, 0.3) is 11.0 Å². The number of ether oxygens (including phenoxy) is 2. The highest BCUT2D eigenvalue weighted by Gasteiger charge is 2.26. The number of carbonyl (C=O) groups excluding carboxylic acids is 1. The maximum absolute atomic E-state index is 13.4. The molecule has 0 amide bonds. The predicted molar refractivity (Wildman–Crippen MR) is 129 cm³/mol. The molecule has 2 aromatic carbocycles. The molecule has 0 radical (unpaired) electrons. The summed E-state index contributed by atoms with van der Waals surface area (Å²) >= 11 is 6.48. The molecular weight excluding hydrogens is 456 g/mol.